The zero-order chi connectivity index (χ0) is 19.4. The first-order chi connectivity index (χ1) is 13.0. The fourth-order valence-electron chi connectivity index (χ4n) is 2.71. The van der Waals surface area contributed by atoms with Crippen molar-refractivity contribution in [3.05, 3.63) is 58.7 Å². The van der Waals surface area contributed by atoms with E-state index in [1.165, 1.54) is 0 Å². The molecule has 0 atom stereocenters. The standard InChI is InChI=1S/C20H19ClN2O4/c1-3-26-17-9-8-13(11-18(17)27-4-2)10-16-19(24)23(20(25)22-16)15-7-5-6-14(21)12-15/h5-12H,3-4H2,1-2H3,(H,22,25)/b16-10+. The number of nitrogens with one attached hydrogen (secondary N) is 1. The number of hydrogen-bond acceptors (Lipinski definition) is 4. The highest BCUT2D eigenvalue weighted by Crippen LogP contribution is 2.30. The molecule has 1 saturated heterocycles. The fourth-order valence-corrected chi connectivity index (χ4v) is 2.89. The van der Waals surface area contributed by atoms with Crippen LogP contribution in [0, 0.1) is 0 Å². The van der Waals surface area contributed by atoms with Crippen molar-refractivity contribution in [3.63, 3.8) is 0 Å². The largest absolute Gasteiger partial charge is 0.490 e. The molecule has 1 heterocycles. The SMILES string of the molecule is CCOc1ccc(/C=C2/NC(=O)N(c3cccc(Cl)c3)C2=O)cc1OCC. The highest BCUT2D eigenvalue weighted by Gasteiger charge is 2.34. The van der Waals surface area contributed by atoms with Crippen molar-refractivity contribution in [2.75, 3.05) is 18.1 Å². The normalized spacial score (nSPS) is 15.2. The van der Waals surface area contributed by atoms with Crippen LogP contribution in [0.15, 0.2) is 48.2 Å². The van der Waals surface area contributed by atoms with E-state index in [1.807, 2.05) is 13.8 Å². The molecule has 2 aromatic rings. The van der Waals surface area contributed by atoms with Gasteiger partial charge in [0.15, 0.2) is 11.5 Å². The lowest BCUT2D eigenvalue weighted by atomic mass is 10.1. The van der Waals surface area contributed by atoms with Crippen LogP contribution in [-0.2, 0) is 4.79 Å². The molecule has 1 aliphatic heterocycles. The molecule has 3 rings (SSSR count). The third kappa shape index (κ3) is 4.06. The van der Waals surface area contributed by atoms with Gasteiger partial charge in [0.25, 0.3) is 5.91 Å². The molecule has 0 saturated carbocycles. The number of nitrogens with zero attached hydrogens (tertiary/aromatic N) is 1. The summed E-state index contributed by atoms with van der Waals surface area (Å²) >= 11 is 5.96. The Morgan fingerprint density at radius 2 is 1.78 bits per heavy atom. The Kier molecular flexibility index (Phi) is 5.66. The molecule has 1 aliphatic rings. The minimum absolute atomic E-state index is 0.173. The summed E-state index contributed by atoms with van der Waals surface area (Å²) < 4.78 is 11.1. The number of anilines is 1. The number of ether oxygens (including phenoxy) is 2. The second kappa shape index (κ2) is 8.14. The molecule has 0 spiro atoms. The van der Waals surface area contributed by atoms with Gasteiger partial charge in [-0.15, -0.1) is 0 Å². The van der Waals surface area contributed by atoms with E-state index in [4.69, 9.17) is 21.1 Å². The third-order valence-corrected chi connectivity index (χ3v) is 4.06. The average Bonchev–Trinajstić information content (AvgIpc) is 2.91. The first kappa shape index (κ1) is 18.8. The molecule has 3 amide bonds. The molecular weight excluding hydrogens is 368 g/mol. The highest BCUT2D eigenvalue weighted by molar-refractivity contribution is 6.32. The molecule has 6 nitrogen and oxygen atoms in total. The molecule has 1 N–H and O–H groups in total. The maximum absolute atomic E-state index is 12.7. The minimum Gasteiger partial charge on any atom is -0.490 e. The van der Waals surface area contributed by atoms with Crippen molar-refractivity contribution in [2.45, 2.75) is 13.8 Å². The van der Waals surface area contributed by atoms with Crippen LogP contribution >= 0.6 is 11.6 Å². The number of rotatable bonds is 6. The third-order valence-electron chi connectivity index (χ3n) is 3.82. The van der Waals surface area contributed by atoms with E-state index < -0.39 is 11.9 Å². The van der Waals surface area contributed by atoms with Crippen LogP contribution in [0.4, 0.5) is 10.5 Å². The van der Waals surface area contributed by atoms with Gasteiger partial charge in [-0.25, -0.2) is 9.69 Å². The quantitative estimate of drug-likeness (QED) is 0.595. The van der Waals surface area contributed by atoms with Crippen molar-refractivity contribution in [2.24, 2.45) is 0 Å². The number of benzene rings is 2. The van der Waals surface area contributed by atoms with Crippen LogP contribution < -0.4 is 19.7 Å². The van der Waals surface area contributed by atoms with Crippen molar-refractivity contribution < 1.29 is 19.1 Å². The van der Waals surface area contributed by atoms with Crippen LogP contribution in [0.2, 0.25) is 5.02 Å². The van der Waals surface area contributed by atoms with Crippen LogP contribution in [0.1, 0.15) is 19.4 Å². The zero-order valence-corrected chi connectivity index (χ0v) is 15.7. The Labute approximate surface area is 162 Å². The molecule has 140 valence electrons. The van der Waals surface area contributed by atoms with E-state index in [0.717, 1.165) is 4.90 Å². The molecule has 0 aromatic heterocycles. The Balaban J connectivity index is 1.90. The molecule has 2 aromatic carbocycles. The number of carbonyl (C=O) groups is 2. The second-order valence-corrected chi connectivity index (χ2v) is 6.12. The minimum atomic E-state index is -0.524. The lowest BCUT2D eigenvalue weighted by Gasteiger charge is -2.12. The van der Waals surface area contributed by atoms with Gasteiger partial charge in [0, 0.05) is 5.02 Å². The van der Waals surface area contributed by atoms with Crippen LogP contribution in [-0.4, -0.2) is 25.2 Å². The summed E-state index contributed by atoms with van der Waals surface area (Å²) in [5.41, 5.74) is 1.29. The van der Waals surface area contributed by atoms with Gasteiger partial charge in [-0.05, 0) is 55.8 Å². The predicted molar refractivity (Wildman–Crippen MR) is 104 cm³/mol. The Hall–Kier alpha value is -2.99. The van der Waals surface area contributed by atoms with Crippen molar-refractivity contribution >= 4 is 35.3 Å². The number of imide groups is 1. The number of carbonyl (C=O) groups excluding carboxylic acids is 2. The summed E-state index contributed by atoms with van der Waals surface area (Å²) in [6, 6.07) is 11.4. The first-order valence-electron chi connectivity index (χ1n) is 8.55. The van der Waals surface area contributed by atoms with Gasteiger partial charge < -0.3 is 14.8 Å². The van der Waals surface area contributed by atoms with Crippen LogP contribution in [0.5, 0.6) is 11.5 Å². The topological polar surface area (TPSA) is 67.9 Å². The Bertz CT molecular complexity index is 911. The van der Waals surface area contributed by atoms with Crippen LogP contribution in [0.3, 0.4) is 0 Å². The summed E-state index contributed by atoms with van der Waals surface area (Å²) in [5.74, 6) is 0.759. The summed E-state index contributed by atoms with van der Waals surface area (Å²) in [6.07, 6.45) is 1.60. The summed E-state index contributed by atoms with van der Waals surface area (Å²) in [6.45, 7) is 4.77. The summed E-state index contributed by atoms with van der Waals surface area (Å²) in [5, 5.41) is 3.04. The maximum Gasteiger partial charge on any atom is 0.333 e. The Morgan fingerprint density at radius 1 is 1.04 bits per heavy atom. The van der Waals surface area contributed by atoms with E-state index in [1.54, 1.807) is 48.5 Å². The molecule has 0 aliphatic carbocycles. The van der Waals surface area contributed by atoms with Gasteiger partial charge in [0.05, 0.1) is 18.9 Å². The average molecular weight is 387 g/mol. The van der Waals surface area contributed by atoms with Crippen LogP contribution in [0.25, 0.3) is 6.08 Å². The van der Waals surface area contributed by atoms with Gasteiger partial charge >= 0.3 is 6.03 Å². The molecule has 27 heavy (non-hydrogen) atoms. The van der Waals surface area contributed by atoms with Crippen molar-refractivity contribution in [3.8, 4) is 11.5 Å². The van der Waals surface area contributed by atoms with Crippen molar-refractivity contribution in [1.82, 2.24) is 5.32 Å². The monoisotopic (exact) mass is 386 g/mol. The zero-order valence-electron chi connectivity index (χ0n) is 15.0. The molecular formula is C20H19ClN2O4. The van der Waals surface area contributed by atoms with Gasteiger partial charge in [-0.1, -0.05) is 23.7 Å². The van der Waals surface area contributed by atoms with E-state index >= 15 is 0 Å². The molecule has 0 radical (unpaired) electrons. The maximum atomic E-state index is 12.7. The smallest absolute Gasteiger partial charge is 0.333 e. The second-order valence-electron chi connectivity index (χ2n) is 5.68. The summed E-state index contributed by atoms with van der Waals surface area (Å²) in [4.78, 5) is 26.0. The van der Waals surface area contributed by atoms with Gasteiger partial charge in [-0.3, -0.25) is 4.79 Å². The fraction of sp³-hybridized carbons (Fsp3) is 0.200. The molecule has 0 bridgehead atoms. The molecule has 0 unspecified atom stereocenters. The first-order valence-corrected chi connectivity index (χ1v) is 8.93. The lowest BCUT2D eigenvalue weighted by Crippen LogP contribution is -2.30. The number of amides is 3. The van der Waals surface area contributed by atoms with E-state index in [2.05, 4.69) is 5.32 Å². The van der Waals surface area contributed by atoms with Crippen molar-refractivity contribution in [1.29, 1.82) is 0 Å². The van der Waals surface area contributed by atoms with E-state index in [-0.39, 0.29) is 5.70 Å². The predicted octanol–water partition coefficient (Wildman–Crippen LogP) is 4.23. The van der Waals surface area contributed by atoms with Gasteiger partial charge in [0.1, 0.15) is 5.70 Å². The summed E-state index contributed by atoms with van der Waals surface area (Å²) in [7, 11) is 0. The number of halogens is 1. The number of urea groups is 1. The molecule has 1 fully saturated rings. The van der Waals surface area contributed by atoms with Gasteiger partial charge in [0.2, 0.25) is 0 Å². The number of hydrogen-bond donors (Lipinski definition) is 1. The van der Waals surface area contributed by atoms with E-state index in [9.17, 15) is 9.59 Å². The molecule has 7 heteroatoms. The van der Waals surface area contributed by atoms with E-state index in [0.29, 0.717) is 41.0 Å². The van der Waals surface area contributed by atoms with Gasteiger partial charge in [-0.2, -0.15) is 0 Å². The lowest BCUT2D eigenvalue weighted by molar-refractivity contribution is -0.113. The Morgan fingerprint density at radius 3 is 2.48 bits per heavy atom. The highest BCUT2D eigenvalue weighted by atomic mass is 35.5.